The molecule has 3 atom stereocenters. The number of benzene rings is 3. The van der Waals surface area contributed by atoms with Crippen LogP contribution < -0.4 is 13.8 Å². The van der Waals surface area contributed by atoms with E-state index >= 15 is 0 Å². The largest absolute Gasteiger partial charge is 0.406 e. The second kappa shape index (κ2) is 11.9. The molecule has 4 aromatic rings. The third-order valence-corrected chi connectivity index (χ3v) is 12.5. The van der Waals surface area contributed by atoms with Gasteiger partial charge in [-0.25, -0.2) is 13.6 Å². The first-order valence-electron chi connectivity index (χ1n) is 15.0. The van der Waals surface area contributed by atoms with Gasteiger partial charge in [-0.1, -0.05) is 54.4 Å². The summed E-state index contributed by atoms with van der Waals surface area (Å²) in [7, 11) is -8.69. The second-order valence-electron chi connectivity index (χ2n) is 11.8. The monoisotopic (exact) mass is 707 g/mol. The number of hydrogen-bond donors (Lipinski definition) is 2. The van der Waals surface area contributed by atoms with Crippen LogP contribution in [0.3, 0.4) is 0 Å². The highest BCUT2D eigenvalue weighted by Crippen LogP contribution is 2.56. The van der Waals surface area contributed by atoms with Gasteiger partial charge in [-0.3, -0.25) is 9.11 Å². The zero-order chi connectivity index (χ0) is 33.2. The minimum atomic E-state index is -4.44. The predicted molar refractivity (Wildman–Crippen MR) is 181 cm³/mol. The van der Waals surface area contributed by atoms with E-state index in [0.717, 1.165) is 33.2 Å². The van der Waals surface area contributed by atoms with Crippen LogP contribution in [-0.4, -0.2) is 47.7 Å². The van der Waals surface area contributed by atoms with Gasteiger partial charge in [-0.2, -0.15) is 16.8 Å². The maximum absolute atomic E-state index is 12.7. The summed E-state index contributed by atoms with van der Waals surface area (Å²) < 4.78 is 79.5. The smallest absolute Gasteiger partial charge is 0.320 e. The average Bonchev–Trinajstić information content (AvgIpc) is 3.46. The first-order chi connectivity index (χ1) is 21.7. The van der Waals surface area contributed by atoms with Crippen LogP contribution in [0.4, 0.5) is 5.69 Å². The van der Waals surface area contributed by atoms with Gasteiger partial charge >= 0.3 is 16.0 Å². The molecule has 2 aliphatic rings. The van der Waals surface area contributed by atoms with Crippen molar-refractivity contribution in [3.8, 4) is 5.75 Å². The Bertz CT molecular complexity index is 2180. The van der Waals surface area contributed by atoms with E-state index in [0.29, 0.717) is 46.9 Å². The fourth-order valence-corrected chi connectivity index (χ4v) is 8.55. The fraction of sp³-hybridized carbons (Fsp3) is 0.344. The van der Waals surface area contributed by atoms with Gasteiger partial charge in [0.15, 0.2) is 22.5 Å². The van der Waals surface area contributed by atoms with Crippen molar-refractivity contribution < 1.29 is 35.2 Å². The standard InChI is InChI=1S/C32H33Cl2N3O7S2/c1-4-21(16-29-35(5-2)26-18-24(33)25(34)19-27(26)36(29)14-12-20(3)45(38,39)40)17-30-37(15-13-31(37)46(41,42)43)32-23-9-7-6-8-22(23)10-11-28(32)44-30/h6-11,16-20,31H,4-5,12-15H2,1-3H3/p+2. The van der Waals surface area contributed by atoms with Crippen molar-refractivity contribution >= 4 is 77.0 Å². The van der Waals surface area contributed by atoms with Crippen LogP contribution in [0.25, 0.3) is 27.9 Å². The number of nitrogens with zero attached hydrogens (tertiary/aromatic N) is 3. The van der Waals surface area contributed by atoms with Gasteiger partial charge in [0.05, 0.1) is 41.4 Å². The van der Waals surface area contributed by atoms with Gasteiger partial charge in [0.25, 0.3) is 15.9 Å². The highest BCUT2D eigenvalue weighted by Gasteiger charge is 2.63. The number of halogens is 2. The quantitative estimate of drug-likeness (QED) is 0.112. The molecule has 1 fully saturated rings. The van der Waals surface area contributed by atoms with Gasteiger partial charge < -0.3 is 4.74 Å². The summed E-state index contributed by atoms with van der Waals surface area (Å²) in [5, 5.41) is 0.378. The maximum atomic E-state index is 12.7. The molecule has 14 heteroatoms. The predicted octanol–water partition coefficient (Wildman–Crippen LogP) is 6.73. The minimum Gasteiger partial charge on any atom is -0.406 e. The van der Waals surface area contributed by atoms with Crippen LogP contribution in [0.15, 0.2) is 66.1 Å². The Labute approximate surface area is 278 Å². The molecule has 1 spiro atoms. The lowest BCUT2D eigenvalue weighted by molar-refractivity contribution is -0.674. The first kappa shape index (κ1) is 33.0. The molecule has 0 amide bonds. The van der Waals surface area contributed by atoms with Crippen molar-refractivity contribution in [2.24, 2.45) is 0 Å². The second-order valence-corrected chi connectivity index (χ2v) is 16.0. The molecule has 10 nitrogen and oxygen atoms in total. The van der Waals surface area contributed by atoms with Crippen LogP contribution in [0.1, 0.15) is 45.9 Å². The Morgan fingerprint density at radius 1 is 1.11 bits per heavy atom. The summed E-state index contributed by atoms with van der Waals surface area (Å²) in [6, 6.07) is 15.0. The first-order valence-corrected chi connectivity index (χ1v) is 18.8. The van der Waals surface area contributed by atoms with Gasteiger partial charge in [0, 0.05) is 36.1 Å². The van der Waals surface area contributed by atoms with Crippen LogP contribution >= 0.6 is 23.2 Å². The number of quaternary nitrogens is 1. The Balaban J connectivity index is 1.55. The molecule has 0 radical (unpaired) electrons. The summed E-state index contributed by atoms with van der Waals surface area (Å²) in [4.78, 5) is 0. The topological polar surface area (TPSA) is 127 Å². The van der Waals surface area contributed by atoms with Crippen molar-refractivity contribution in [2.45, 2.75) is 63.7 Å². The minimum absolute atomic E-state index is 0.136. The van der Waals surface area contributed by atoms with Crippen molar-refractivity contribution in [2.75, 3.05) is 6.54 Å². The van der Waals surface area contributed by atoms with E-state index in [1.54, 1.807) is 12.1 Å². The van der Waals surface area contributed by atoms with Crippen LogP contribution in [0.5, 0.6) is 5.75 Å². The summed E-state index contributed by atoms with van der Waals surface area (Å²) in [6.45, 7) is 6.63. The van der Waals surface area contributed by atoms with E-state index < -0.39 is 30.9 Å². The molecule has 0 bridgehead atoms. The lowest BCUT2D eigenvalue weighted by Crippen LogP contribution is -2.67. The number of ether oxygens (including phenoxy) is 1. The van der Waals surface area contributed by atoms with Crippen LogP contribution in [0, 0.1) is 0 Å². The molecule has 1 saturated heterocycles. The van der Waals surface area contributed by atoms with Gasteiger partial charge in [0.2, 0.25) is 5.37 Å². The van der Waals surface area contributed by atoms with Crippen LogP contribution in [-0.2, 0) is 33.3 Å². The lowest BCUT2D eigenvalue weighted by atomic mass is 10.0. The Morgan fingerprint density at radius 3 is 2.46 bits per heavy atom. The molecule has 6 rings (SSSR count). The average molecular weight is 709 g/mol. The summed E-state index contributed by atoms with van der Waals surface area (Å²) in [5.74, 6) is 1.66. The third kappa shape index (κ3) is 5.43. The Hall–Kier alpha value is -2.97. The lowest BCUT2D eigenvalue weighted by Gasteiger charge is -2.45. The number of aryl methyl sites for hydroxylation is 2. The van der Waals surface area contributed by atoms with Crippen molar-refractivity contribution in [3.05, 3.63) is 81.9 Å². The molecule has 3 heterocycles. The zero-order valence-corrected chi connectivity index (χ0v) is 28.7. The van der Waals surface area contributed by atoms with E-state index in [1.165, 1.54) is 6.92 Å². The number of allylic oxidation sites excluding steroid dienone is 2. The zero-order valence-electron chi connectivity index (χ0n) is 25.5. The molecule has 3 unspecified atom stereocenters. The third-order valence-electron chi connectivity index (χ3n) is 9.20. The SMILES string of the molecule is CCC(=Cc1n(CC)c2cc(Cl)c(Cl)cc2[n+]1CCC(C)S(=O)(=O)O)C=C1Oc2ccc3ccccc3c2[N+]12CCC2S(=O)(=O)O. The summed E-state index contributed by atoms with van der Waals surface area (Å²) >= 11 is 12.9. The number of aromatic nitrogens is 2. The molecule has 3 aromatic carbocycles. The summed E-state index contributed by atoms with van der Waals surface area (Å²) in [5.41, 5.74) is 3.04. The Kier molecular flexibility index (Phi) is 8.54. The Morgan fingerprint density at radius 2 is 1.83 bits per heavy atom. The van der Waals surface area contributed by atoms with Crippen molar-refractivity contribution in [3.63, 3.8) is 0 Å². The van der Waals surface area contributed by atoms with Crippen molar-refractivity contribution in [1.29, 1.82) is 0 Å². The number of rotatable bonds is 9. The molecule has 0 aliphatic carbocycles. The number of hydrogen-bond acceptors (Lipinski definition) is 5. The van der Waals surface area contributed by atoms with Crippen LogP contribution in [0.2, 0.25) is 10.0 Å². The molecule has 46 heavy (non-hydrogen) atoms. The molecular formula is C32H35Cl2N3O7S2+2. The van der Waals surface area contributed by atoms with E-state index in [4.69, 9.17) is 27.9 Å². The van der Waals surface area contributed by atoms with Gasteiger partial charge in [0.1, 0.15) is 0 Å². The normalized spacial score (nSPS) is 21.6. The number of fused-ring (bicyclic) bond motifs is 5. The van der Waals surface area contributed by atoms with Gasteiger partial charge in [-0.05, 0) is 43.4 Å². The molecule has 0 saturated carbocycles. The molecule has 2 aliphatic heterocycles. The highest BCUT2D eigenvalue weighted by atomic mass is 35.5. The molecule has 244 valence electrons. The number of imidazole rings is 1. The van der Waals surface area contributed by atoms with E-state index in [9.17, 15) is 25.9 Å². The van der Waals surface area contributed by atoms with E-state index in [1.807, 2.05) is 71.5 Å². The fourth-order valence-electron chi connectivity index (χ4n) is 6.66. The highest BCUT2D eigenvalue weighted by molar-refractivity contribution is 7.86. The van der Waals surface area contributed by atoms with Gasteiger partial charge in [-0.15, -0.1) is 0 Å². The maximum Gasteiger partial charge on any atom is 0.320 e. The van der Waals surface area contributed by atoms with Crippen molar-refractivity contribution in [1.82, 2.24) is 9.05 Å². The van der Waals surface area contributed by atoms with E-state index in [-0.39, 0.29) is 23.9 Å². The molecule has 1 aromatic heterocycles. The summed E-state index contributed by atoms with van der Waals surface area (Å²) in [6.07, 6.45) is 4.74. The molecule has 2 N–H and O–H groups in total. The van der Waals surface area contributed by atoms with E-state index in [2.05, 4.69) is 0 Å². The molecular weight excluding hydrogens is 673 g/mol.